The molecule has 0 radical (unpaired) electrons. The number of nitrogens with zero attached hydrogens (tertiary/aromatic N) is 11. The van der Waals surface area contributed by atoms with Gasteiger partial charge in [0.25, 0.3) is 0 Å². The Morgan fingerprint density at radius 3 is 1.29 bits per heavy atom. The van der Waals surface area contributed by atoms with Gasteiger partial charge in [0, 0.05) is 87.1 Å². The van der Waals surface area contributed by atoms with Crippen LogP contribution in [0.4, 0.5) is 64.1 Å². The molecule has 0 bridgehead atoms. The number of para-hydroxylation sites is 1. The summed E-state index contributed by atoms with van der Waals surface area (Å²) >= 11 is 12.2. The Kier molecular flexibility index (Phi) is 32.4. The first kappa shape index (κ1) is 83.8. The lowest BCUT2D eigenvalue weighted by Gasteiger charge is -2.40. The van der Waals surface area contributed by atoms with Crippen LogP contribution >= 0.6 is 23.2 Å². The molecule has 7 aromatic rings. The number of nitrogens with one attached hydrogen (secondary N) is 8. The number of rotatable bonds is 28. The second-order valence-corrected chi connectivity index (χ2v) is 30.9. The zero-order chi connectivity index (χ0) is 77.8. The van der Waals surface area contributed by atoms with Crippen LogP contribution in [0.5, 0.6) is 5.75 Å². The van der Waals surface area contributed by atoms with E-state index < -0.39 is 14.8 Å². The quantitative estimate of drug-likeness (QED) is 0.0160. The average Bonchev–Trinajstić information content (AvgIpc) is 0.842. The molecule has 3 aromatic carbocycles. The van der Waals surface area contributed by atoms with Crippen molar-refractivity contribution in [3.05, 3.63) is 160 Å². The molecule has 2 atom stereocenters. The first-order valence-corrected chi connectivity index (χ1v) is 38.8. The summed E-state index contributed by atoms with van der Waals surface area (Å²) in [5.41, 5.74) is 27.8. The van der Waals surface area contributed by atoms with Gasteiger partial charge in [-0.05, 0) is 199 Å². The van der Waals surface area contributed by atoms with E-state index in [-0.39, 0.29) is 70.1 Å². The molecule has 33 heteroatoms. The summed E-state index contributed by atoms with van der Waals surface area (Å²) in [6, 6.07) is 24.6. The van der Waals surface area contributed by atoms with Crippen LogP contribution in [0.3, 0.4) is 0 Å². The van der Waals surface area contributed by atoms with Crippen molar-refractivity contribution in [3.8, 4) is 5.75 Å². The van der Waals surface area contributed by atoms with Crippen molar-refractivity contribution in [2.45, 2.75) is 193 Å². The Hall–Kier alpha value is -9.24. The van der Waals surface area contributed by atoms with Crippen molar-refractivity contribution in [1.82, 2.24) is 39.9 Å². The van der Waals surface area contributed by atoms with Crippen molar-refractivity contribution < 1.29 is 24.6 Å². The third-order valence-corrected chi connectivity index (χ3v) is 21.9. The molecule has 109 heavy (non-hydrogen) atoms. The number of aliphatic hydroxyl groups is 1. The first-order chi connectivity index (χ1) is 52.4. The summed E-state index contributed by atoms with van der Waals surface area (Å²) in [6.07, 6.45) is 24.3. The summed E-state index contributed by atoms with van der Waals surface area (Å²) in [5, 5.41) is 70.8. The number of aliphatic hydroxyl groups excluding tert-OH is 1. The predicted molar refractivity (Wildman–Crippen MR) is 430 cm³/mol. The van der Waals surface area contributed by atoms with Gasteiger partial charge in [-0.25, -0.2) is 19.9 Å². The van der Waals surface area contributed by atoms with E-state index in [1.165, 1.54) is 24.2 Å². The van der Waals surface area contributed by atoms with E-state index in [0.29, 0.717) is 115 Å². The minimum atomic E-state index is -0.469. The van der Waals surface area contributed by atoms with Crippen LogP contribution in [-0.2, 0) is 19.6 Å². The van der Waals surface area contributed by atoms with E-state index in [0.717, 1.165) is 151 Å². The second-order valence-electron chi connectivity index (χ2n) is 30.0. The minimum Gasteiger partial charge on any atom is -0.496 e. The van der Waals surface area contributed by atoms with Gasteiger partial charge < -0.3 is 75.3 Å². The highest BCUT2D eigenvalue weighted by Crippen LogP contribution is 2.41. The molecule has 5 saturated carbocycles. The number of ether oxygens (including phenoxy) is 1. The molecule has 0 spiro atoms. The van der Waals surface area contributed by atoms with Gasteiger partial charge in [0.05, 0.1) is 34.2 Å². The standard InChI is InChI=1S/C20H34N6O3.C19H25ClN6O2.C19H26N6O3.C18H24ClN5/c1-20(2)8-7-16(27)9-14(20)11-23-19-24-12-17(26(28)29)18(25-19)22-10-13-3-5-15(21)6-4-13;1-12-8-15(20)5-4-14(12)10-23-19-24-11-17(26(27)28)18(25-19)22-9-13-2-6-16(21)7-3-13;1-28-17-5-3-2-4-14(17)11-22-19-23-12-16(25(26)27)18(24-19)21-10-13-6-8-15(20)9-7-13;19-16-12-23-18(22-11-13-4-2-1-3-5-13)24-17(16)21-10-14-6-8-15(20)9-7-14/h12-16,27H,3-11,21H2,1-2H3,(H2,22,23,24,25);4-5,8,11,13,16H,2-3,6-7,9-10,21H2,1H3,(H2,22,23,24,25);2-5,12-13,15H,6-11,20H2,1H3,(H2,21,22,23,24);1-5,12,14-15H,6-11,20H2,(H2,21,22,23,24)/t13?,14-,15?,16+;;;/m0.../s1. The number of methoxy groups -OCH3 is 1. The number of aromatic nitrogens is 8. The lowest BCUT2D eigenvalue weighted by atomic mass is 9.68. The summed E-state index contributed by atoms with van der Waals surface area (Å²) < 4.78 is 5.33. The molecule has 5 fully saturated rings. The number of hydrogen-bond acceptors (Lipinski definition) is 28. The van der Waals surface area contributed by atoms with Crippen LogP contribution in [0.25, 0.3) is 0 Å². The molecule has 0 amide bonds. The second kappa shape index (κ2) is 42.1. The fourth-order valence-corrected chi connectivity index (χ4v) is 14.6. The highest BCUT2D eigenvalue weighted by atomic mass is 35.5. The molecule has 0 saturated heterocycles. The van der Waals surface area contributed by atoms with Crippen molar-refractivity contribution in [2.24, 2.45) is 57.9 Å². The SMILES string of the molecule is CC1(C)CC[C@@H](O)C[C@H]1CNc1ncc([N+](=O)[O-])c(NCC2CCC(N)CC2)n1.COc1ccccc1CNc1ncc([N+](=O)[O-])c(NCC2CCC(N)CC2)n1.Cc1cc(Cl)ccc1CNc1ncc([N+](=O)[O-])c(NCC2CCC(N)CC2)n1.NC1CCC(CNc2nc(NCc3ccccc3)ncc2Cl)CC1. The van der Waals surface area contributed by atoms with Crippen LogP contribution < -0.4 is 70.2 Å². The third-order valence-electron chi connectivity index (χ3n) is 21.4. The van der Waals surface area contributed by atoms with E-state index in [9.17, 15) is 35.4 Å². The van der Waals surface area contributed by atoms with Gasteiger partial charge >= 0.3 is 17.1 Å². The van der Waals surface area contributed by atoms with E-state index in [1.807, 2.05) is 67.6 Å². The largest absolute Gasteiger partial charge is 0.496 e. The molecule has 590 valence electrons. The van der Waals surface area contributed by atoms with Crippen molar-refractivity contribution >= 4 is 87.3 Å². The van der Waals surface area contributed by atoms with E-state index in [4.69, 9.17) is 50.9 Å². The van der Waals surface area contributed by atoms with Gasteiger partial charge in [-0.3, -0.25) is 30.3 Å². The van der Waals surface area contributed by atoms with Gasteiger partial charge in [0.2, 0.25) is 41.2 Å². The van der Waals surface area contributed by atoms with Crippen LogP contribution in [0.15, 0.2) is 97.6 Å². The Balaban J connectivity index is 0.000000168. The zero-order valence-corrected chi connectivity index (χ0v) is 64.4. The topological polar surface area (TPSA) is 462 Å². The average molecular weight is 1540 g/mol. The lowest BCUT2D eigenvalue weighted by Crippen LogP contribution is -2.38. The minimum absolute atomic E-state index is 0.114. The molecule has 5 aliphatic rings. The molecular weight excluding hydrogens is 1430 g/mol. The van der Waals surface area contributed by atoms with Crippen LogP contribution in [0.2, 0.25) is 10.0 Å². The molecule has 31 nitrogen and oxygen atoms in total. The van der Waals surface area contributed by atoms with Crippen LogP contribution in [-0.4, -0.2) is 130 Å². The molecule has 12 rings (SSSR count). The highest BCUT2D eigenvalue weighted by Gasteiger charge is 2.36. The number of benzene rings is 3. The molecule has 4 aromatic heterocycles. The highest BCUT2D eigenvalue weighted by molar-refractivity contribution is 6.32. The molecule has 0 unspecified atom stereocenters. The van der Waals surface area contributed by atoms with Crippen molar-refractivity contribution in [3.63, 3.8) is 0 Å². The smallest absolute Gasteiger partial charge is 0.329 e. The third kappa shape index (κ3) is 27.1. The van der Waals surface area contributed by atoms with Crippen molar-refractivity contribution in [2.75, 3.05) is 82.4 Å². The fourth-order valence-electron chi connectivity index (χ4n) is 14.2. The van der Waals surface area contributed by atoms with E-state index in [1.54, 1.807) is 13.3 Å². The fraction of sp³-hybridized carbons (Fsp3) is 0.553. The number of nitro groups is 3. The Bertz CT molecular complexity index is 4010. The van der Waals surface area contributed by atoms with Gasteiger partial charge in [-0.1, -0.05) is 91.6 Å². The number of aryl methyl sites for hydroxylation is 1. The number of nitrogens with two attached hydrogens (primary N) is 4. The van der Waals surface area contributed by atoms with Crippen LogP contribution in [0.1, 0.15) is 158 Å². The summed E-state index contributed by atoms with van der Waals surface area (Å²) in [5.74, 6) is 6.06. The van der Waals surface area contributed by atoms with Gasteiger partial charge in [0.15, 0.2) is 0 Å². The Morgan fingerprint density at radius 1 is 0.477 bits per heavy atom. The van der Waals surface area contributed by atoms with E-state index >= 15 is 0 Å². The normalized spacial score (nSPS) is 22.2. The Morgan fingerprint density at radius 2 is 0.862 bits per heavy atom. The summed E-state index contributed by atoms with van der Waals surface area (Å²) in [4.78, 5) is 66.7. The first-order valence-electron chi connectivity index (χ1n) is 38.0. The molecular formula is C76H109Cl2N23O8. The maximum Gasteiger partial charge on any atom is 0.329 e. The van der Waals surface area contributed by atoms with Gasteiger partial charge in [0.1, 0.15) is 35.2 Å². The maximum atomic E-state index is 11.4. The summed E-state index contributed by atoms with van der Waals surface area (Å²) in [7, 11) is 1.61. The summed E-state index contributed by atoms with van der Waals surface area (Å²) in [6.45, 7) is 11.5. The van der Waals surface area contributed by atoms with Gasteiger partial charge in [-0.15, -0.1) is 0 Å². The maximum absolute atomic E-state index is 11.4. The van der Waals surface area contributed by atoms with E-state index in [2.05, 4.69) is 108 Å². The number of anilines is 8. The lowest BCUT2D eigenvalue weighted by molar-refractivity contribution is -0.384. The molecule has 0 aliphatic heterocycles. The van der Waals surface area contributed by atoms with Crippen LogP contribution in [0, 0.1) is 72.3 Å². The monoisotopic (exact) mass is 1540 g/mol. The Labute approximate surface area is 647 Å². The molecule has 5 aliphatic carbocycles. The molecule has 4 heterocycles. The predicted octanol–water partition coefficient (Wildman–Crippen LogP) is 13.4. The van der Waals surface area contributed by atoms with Crippen molar-refractivity contribution in [1.29, 1.82) is 0 Å². The zero-order valence-electron chi connectivity index (χ0n) is 62.9. The van der Waals surface area contributed by atoms with Gasteiger partial charge in [-0.2, -0.15) is 19.9 Å². The number of halogens is 2. The molecule has 17 N–H and O–H groups in total. The number of hydrogen-bond donors (Lipinski definition) is 13.